The van der Waals surface area contributed by atoms with Gasteiger partial charge in [0.05, 0.1) is 37.2 Å². The van der Waals surface area contributed by atoms with E-state index in [1.807, 2.05) is 18.2 Å². The Morgan fingerprint density at radius 2 is 1.97 bits per heavy atom. The standard InChI is InChI=1S/C23H26ClN3O4S/c1-29-18-8-7-16(15-19(18)30-2)22(28)27(10-4-9-26-11-13-31-14-12-26)23-25-21-17(24)5-3-6-20(21)32-23/h3,5-8,15H,4,9-14H2,1-2H3. The summed E-state index contributed by atoms with van der Waals surface area (Å²) >= 11 is 7.81. The van der Waals surface area contributed by atoms with Crippen molar-refractivity contribution in [2.75, 3.05) is 58.5 Å². The first-order valence-corrected chi connectivity index (χ1v) is 11.7. The minimum absolute atomic E-state index is 0.136. The summed E-state index contributed by atoms with van der Waals surface area (Å²) < 4.78 is 17.1. The summed E-state index contributed by atoms with van der Waals surface area (Å²) in [4.78, 5) is 22.4. The molecular formula is C23H26ClN3O4S. The van der Waals surface area contributed by atoms with Crippen LogP contribution in [0.3, 0.4) is 0 Å². The molecule has 0 aliphatic carbocycles. The molecule has 2 heterocycles. The van der Waals surface area contributed by atoms with Crippen LogP contribution in [-0.4, -0.2) is 69.4 Å². The second-order valence-electron chi connectivity index (χ2n) is 7.42. The number of thiazole rings is 1. The van der Waals surface area contributed by atoms with Crippen LogP contribution in [0, 0.1) is 0 Å². The highest BCUT2D eigenvalue weighted by Crippen LogP contribution is 2.34. The zero-order chi connectivity index (χ0) is 22.5. The van der Waals surface area contributed by atoms with Crippen LogP contribution in [0.5, 0.6) is 11.5 Å². The Morgan fingerprint density at radius 3 is 2.69 bits per heavy atom. The van der Waals surface area contributed by atoms with Crippen molar-refractivity contribution in [3.05, 3.63) is 47.0 Å². The molecule has 1 aromatic heterocycles. The maximum atomic E-state index is 13.6. The first-order chi connectivity index (χ1) is 15.6. The molecule has 0 radical (unpaired) electrons. The Labute approximate surface area is 196 Å². The molecule has 7 nitrogen and oxygen atoms in total. The molecule has 170 valence electrons. The van der Waals surface area contributed by atoms with E-state index in [2.05, 4.69) is 4.90 Å². The Kier molecular flexibility index (Phi) is 7.47. The van der Waals surface area contributed by atoms with Gasteiger partial charge in [-0.2, -0.15) is 0 Å². The van der Waals surface area contributed by atoms with Crippen LogP contribution in [0.25, 0.3) is 10.2 Å². The van der Waals surface area contributed by atoms with Crippen LogP contribution in [0.4, 0.5) is 5.13 Å². The number of carbonyl (C=O) groups excluding carboxylic acids is 1. The van der Waals surface area contributed by atoms with Gasteiger partial charge < -0.3 is 14.2 Å². The lowest BCUT2D eigenvalue weighted by molar-refractivity contribution is 0.0376. The quantitative estimate of drug-likeness (QED) is 0.483. The number of benzene rings is 2. The van der Waals surface area contributed by atoms with E-state index in [9.17, 15) is 4.79 Å². The van der Waals surface area contributed by atoms with E-state index in [0.29, 0.717) is 39.3 Å². The first-order valence-electron chi connectivity index (χ1n) is 10.5. The molecule has 32 heavy (non-hydrogen) atoms. The van der Waals surface area contributed by atoms with Crippen LogP contribution in [-0.2, 0) is 4.74 Å². The highest BCUT2D eigenvalue weighted by atomic mass is 35.5. The van der Waals surface area contributed by atoms with Crippen LogP contribution in [0.1, 0.15) is 16.8 Å². The van der Waals surface area contributed by atoms with Crippen molar-refractivity contribution >= 4 is 44.2 Å². The molecule has 4 rings (SSSR count). The predicted molar refractivity (Wildman–Crippen MR) is 128 cm³/mol. The van der Waals surface area contributed by atoms with E-state index in [0.717, 1.165) is 44.0 Å². The number of ether oxygens (including phenoxy) is 3. The number of methoxy groups -OCH3 is 2. The van der Waals surface area contributed by atoms with Gasteiger partial charge in [0.15, 0.2) is 16.6 Å². The van der Waals surface area contributed by atoms with Gasteiger partial charge in [0, 0.05) is 31.7 Å². The van der Waals surface area contributed by atoms with Gasteiger partial charge in [0.2, 0.25) is 0 Å². The molecular weight excluding hydrogens is 450 g/mol. The molecule has 1 saturated heterocycles. The van der Waals surface area contributed by atoms with Gasteiger partial charge in [-0.25, -0.2) is 4.98 Å². The highest BCUT2D eigenvalue weighted by Gasteiger charge is 2.23. The second-order valence-corrected chi connectivity index (χ2v) is 8.83. The monoisotopic (exact) mass is 475 g/mol. The Balaban J connectivity index is 1.61. The smallest absolute Gasteiger partial charge is 0.260 e. The number of rotatable bonds is 8. The van der Waals surface area contributed by atoms with Crippen molar-refractivity contribution in [1.29, 1.82) is 0 Å². The van der Waals surface area contributed by atoms with Crippen LogP contribution < -0.4 is 14.4 Å². The Bertz CT molecular complexity index is 1080. The van der Waals surface area contributed by atoms with Gasteiger partial charge >= 0.3 is 0 Å². The van der Waals surface area contributed by atoms with Crippen molar-refractivity contribution in [1.82, 2.24) is 9.88 Å². The minimum atomic E-state index is -0.136. The molecule has 1 amide bonds. The number of hydrogen-bond acceptors (Lipinski definition) is 7. The number of amides is 1. The number of carbonyl (C=O) groups is 1. The number of morpholine rings is 1. The third-order valence-electron chi connectivity index (χ3n) is 5.42. The van der Waals surface area contributed by atoms with Crippen molar-refractivity contribution in [3.63, 3.8) is 0 Å². The van der Waals surface area contributed by atoms with Crippen LogP contribution >= 0.6 is 22.9 Å². The molecule has 0 bridgehead atoms. The minimum Gasteiger partial charge on any atom is -0.493 e. The molecule has 1 aliphatic rings. The average molecular weight is 476 g/mol. The third kappa shape index (κ3) is 4.99. The lowest BCUT2D eigenvalue weighted by Gasteiger charge is -2.27. The molecule has 0 saturated carbocycles. The maximum absolute atomic E-state index is 13.6. The summed E-state index contributed by atoms with van der Waals surface area (Å²) in [7, 11) is 3.13. The van der Waals surface area contributed by atoms with Gasteiger partial charge in [-0.1, -0.05) is 29.0 Å². The molecule has 0 N–H and O–H groups in total. The van der Waals surface area contributed by atoms with E-state index < -0.39 is 0 Å². The fourth-order valence-corrected chi connectivity index (χ4v) is 4.99. The van der Waals surface area contributed by atoms with E-state index in [1.54, 1.807) is 37.3 Å². The van der Waals surface area contributed by atoms with Gasteiger partial charge in [-0.15, -0.1) is 0 Å². The topological polar surface area (TPSA) is 64.1 Å². The number of anilines is 1. The average Bonchev–Trinajstić information content (AvgIpc) is 3.27. The van der Waals surface area contributed by atoms with E-state index in [1.165, 1.54) is 11.3 Å². The van der Waals surface area contributed by atoms with Crippen LogP contribution in [0.15, 0.2) is 36.4 Å². The largest absolute Gasteiger partial charge is 0.493 e. The van der Waals surface area contributed by atoms with Gasteiger partial charge in [0.25, 0.3) is 5.91 Å². The molecule has 9 heteroatoms. The molecule has 1 aliphatic heterocycles. The lowest BCUT2D eigenvalue weighted by Crippen LogP contribution is -2.39. The van der Waals surface area contributed by atoms with Crippen molar-refractivity contribution in [2.45, 2.75) is 6.42 Å². The zero-order valence-corrected chi connectivity index (χ0v) is 19.7. The third-order valence-corrected chi connectivity index (χ3v) is 6.77. The highest BCUT2D eigenvalue weighted by molar-refractivity contribution is 7.22. The summed E-state index contributed by atoms with van der Waals surface area (Å²) in [6.45, 7) is 4.78. The SMILES string of the molecule is COc1ccc(C(=O)N(CCCN2CCOCC2)c2nc3c(Cl)cccc3s2)cc1OC. The predicted octanol–water partition coefficient (Wildman–Crippen LogP) is 4.34. The fraction of sp³-hybridized carbons (Fsp3) is 0.391. The lowest BCUT2D eigenvalue weighted by atomic mass is 10.1. The second kappa shape index (κ2) is 10.5. The fourth-order valence-electron chi connectivity index (χ4n) is 3.71. The molecule has 0 atom stereocenters. The Morgan fingerprint density at radius 1 is 1.19 bits per heavy atom. The maximum Gasteiger partial charge on any atom is 0.260 e. The summed E-state index contributed by atoms with van der Waals surface area (Å²) in [5.41, 5.74) is 1.23. The molecule has 3 aromatic rings. The van der Waals surface area contributed by atoms with Crippen LogP contribution in [0.2, 0.25) is 5.02 Å². The van der Waals surface area contributed by atoms with E-state index in [4.69, 9.17) is 30.8 Å². The summed E-state index contributed by atoms with van der Waals surface area (Å²) in [5.74, 6) is 0.955. The molecule has 0 unspecified atom stereocenters. The number of aromatic nitrogens is 1. The number of para-hydroxylation sites is 1. The first kappa shape index (κ1) is 22.8. The van der Waals surface area contributed by atoms with Gasteiger partial charge in [-0.05, 0) is 36.8 Å². The molecule has 1 fully saturated rings. The van der Waals surface area contributed by atoms with Crippen molar-refractivity contribution in [3.8, 4) is 11.5 Å². The van der Waals surface area contributed by atoms with Crippen molar-refractivity contribution < 1.29 is 19.0 Å². The van der Waals surface area contributed by atoms with E-state index in [-0.39, 0.29) is 5.91 Å². The Hall–Kier alpha value is -2.39. The number of nitrogens with zero attached hydrogens (tertiary/aromatic N) is 3. The number of fused-ring (bicyclic) bond motifs is 1. The summed E-state index contributed by atoms with van der Waals surface area (Å²) in [6.07, 6.45) is 0.822. The van der Waals surface area contributed by atoms with Gasteiger partial charge in [0.1, 0.15) is 5.52 Å². The molecule has 0 spiro atoms. The molecule has 2 aromatic carbocycles. The van der Waals surface area contributed by atoms with E-state index >= 15 is 0 Å². The zero-order valence-electron chi connectivity index (χ0n) is 18.2. The number of hydrogen-bond donors (Lipinski definition) is 0. The number of halogens is 1. The normalized spacial score (nSPS) is 14.5. The van der Waals surface area contributed by atoms with Gasteiger partial charge in [-0.3, -0.25) is 14.6 Å². The summed E-state index contributed by atoms with van der Waals surface area (Å²) in [5, 5.41) is 1.21. The summed E-state index contributed by atoms with van der Waals surface area (Å²) in [6, 6.07) is 10.9. The van der Waals surface area contributed by atoms with Crippen molar-refractivity contribution in [2.24, 2.45) is 0 Å².